The standard InChI is InChI=1S/C13H15ClF3N/c1-12(2)8(6-18)11(12)10-7(13(15,16)17)4-3-5-9(10)14/h3-5,8,11H,6,18H2,1-2H3/t8-,11+/m1/s1. The van der Waals surface area contributed by atoms with Gasteiger partial charge in [0.15, 0.2) is 0 Å². The molecule has 0 bridgehead atoms. The number of alkyl halides is 3. The molecule has 2 rings (SSSR count). The van der Waals surface area contributed by atoms with E-state index in [0.29, 0.717) is 6.54 Å². The first-order valence-corrected chi connectivity index (χ1v) is 6.14. The molecule has 1 aromatic carbocycles. The second-order valence-electron chi connectivity index (χ2n) is 5.34. The number of hydrogen-bond donors (Lipinski definition) is 1. The number of rotatable bonds is 2. The molecule has 0 amide bonds. The molecule has 0 unspecified atom stereocenters. The van der Waals surface area contributed by atoms with Gasteiger partial charge in [0.25, 0.3) is 0 Å². The van der Waals surface area contributed by atoms with Crippen LogP contribution in [0.25, 0.3) is 0 Å². The van der Waals surface area contributed by atoms with Gasteiger partial charge >= 0.3 is 6.18 Å². The lowest BCUT2D eigenvalue weighted by Crippen LogP contribution is -2.10. The van der Waals surface area contributed by atoms with Gasteiger partial charge in [0.05, 0.1) is 5.56 Å². The minimum absolute atomic E-state index is 0.0542. The Hall–Kier alpha value is -0.740. The van der Waals surface area contributed by atoms with E-state index in [1.807, 2.05) is 13.8 Å². The SMILES string of the molecule is CC1(C)[C@H](CN)[C@H]1c1c(Cl)cccc1C(F)(F)F. The van der Waals surface area contributed by atoms with Gasteiger partial charge in [0, 0.05) is 5.02 Å². The molecule has 2 N–H and O–H groups in total. The van der Waals surface area contributed by atoms with Crippen LogP contribution in [0.5, 0.6) is 0 Å². The van der Waals surface area contributed by atoms with Gasteiger partial charge in [-0.1, -0.05) is 31.5 Å². The highest BCUT2D eigenvalue weighted by atomic mass is 35.5. The van der Waals surface area contributed by atoms with Gasteiger partial charge in [-0.2, -0.15) is 13.2 Å². The van der Waals surface area contributed by atoms with Crippen LogP contribution in [0.3, 0.4) is 0 Å². The molecule has 1 aromatic rings. The Bertz CT molecular complexity index is 468. The average molecular weight is 278 g/mol. The lowest BCUT2D eigenvalue weighted by atomic mass is 9.97. The maximum atomic E-state index is 13.0. The number of hydrogen-bond acceptors (Lipinski definition) is 1. The summed E-state index contributed by atoms with van der Waals surface area (Å²) >= 11 is 5.98. The third kappa shape index (κ3) is 2.01. The highest BCUT2D eigenvalue weighted by molar-refractivity contribution is 6.31. The lowest BCUT2D eigenvalue weighted by Gasteiger charge is -2.15. The van der Waals surface area contributed by atoms with Crippen LogP contribution in [-0.4, -0.2) is 6.54 Å². The third-order valence-electron chi connectivity index (χ3n) is 3.97. The molecule has 1 aliphatic carbocycles. The fourth-order valence-corrected chi connectivity index (χ4v) is 3.15. The molecule has 0 aliphatic heterocycles. The molecule has 0 spiro atoms. The lowest BCUT2D eigenvalue weighted by molar-refractivity contribution is -0.138. The molecule has 5 heteroatoms. The summed E-state index contributed by atoms with van der Waals surface area (Å²) in [4.78, 5) is 0. The van der Waals surface area contributed by atoms with Gasteiger partial charge in [0.1, 0.15) is 0 Å². The van der Waals surface area contributed by atoms with E-state index >= 15 is 0 Å². The number of halogens is 4. The van der Waals surface area contributed by atoms with E-state index in [0.717, 1.165) is 6.07 Å². The molecule has 0 aromatic heterocycles. The van der Waals surface area contributed by atoms with Crippen LogP contribution >= 0.6 is 11.6 Å². The Morgan fingerprint density at radius 1 is 1.33 bits per heavy atom. The Labute approximate surface area is 109 Å². The Balaban J connectivity index is 2.52. The summed E-state index contributed by atoms with van der Waals surface area (Å²) in [5.74, 6) is -0.161. The van der Waals surface area contributed by atoms with Crippen molar-refractivity contribution < 1.29 is 13.2 Å². The van der Waals surface area contributed by atoms with Crippen LogP contribution in [0.1, 0.15) is 30.9 Å². The first kappa shape index (κ1) is 13.7. The van der Waals surface area contributed by atoms with E-state index in [-0.39, 0.29) is 27.8 Å². The van der Waals surface area contributed by atoms with Crippen LogP contribution in [0, 0.1) is 11.3 Å². The molecule has 0 radical (unpaired) electrons. The van der Waals surface area contributed by atoms with Crippen molar-refractivity contribution in [2.75, 3.05) is 6.54 Å². The molecule has 2 atom stereocenters. The topological polar surface area (TPSA) is 26.0 Å². The zero-order valence-electron chi connectivity index (χ0n) is 10.2. The molecule has 1 saturated carbocycles. The molecule has 100 valence electrons. The zero-order chi connectivity index (χ0) is 13.7. The largest absolute Gasteiger partial charge is 0.416 e. The maximum Gasteiger partial charge on any atom is 0.416 e. The van der Waals surface area contributed by atoms with Crippen molar-refractivity contribution in [1.29, 1.82) is 0 Å². The summed E-state index contributed by atoms with van der Waals surface area (Å²) in [7, 11) is 0. The maximum absolute atomic E-state index is 13.0. The molecule has 1 nitrogen and oxygen atoms in total. The summed E-state index contributed by atoms with van der Waals surface area (Å²) in [6.07, 6.45) is -4.38. The summed E-state index contributed by atoms with van der Waals surface area (Å²) in [5.41, 5.74) is 4.97. The Kier molecular flexibility index (Phi) is 3.14. The average Bonchev–Trinajstić information content (AvgIpc) is 2.78. The minimum Gasteiger partial charge on any atom is -0.330 e. The van der Waals surface area contributed by atoms with Crippen molar-refractivity contribution in [1.82, 2.24) is 0 Å². The normalized spacial score (nSPS) is 26.2. The Morgan fingerprint density at radius 3 is 2.39 bits per heavy atom. The highest BCUT2D eigenvalue weighted by Crippen LogP contribution is 2.66. The number of benzene rings is 1. The second-order valence-corrected chi connectivity index (χ2v) is 5.75. The van der Waals surface area contributed by atoms with Gasteiger partial charge in [-0.25, -0.2) is 0 Å². The van der Waals surface area contributed by atoms with E-state index in [1.54, 1.807) is 0 Å². The van der Waals surface area contributed by atoms with Gasteiger partial charge < -0.3 is 5.73 Å². The van der Waals surface area contributed by atoms with Crippen molar-refractivity contribution in [3.63, 3.8) is 0 Å². The Morgan fingerprint density at radius 2 is 1.94 bits per heavy atom. The minimum atomic E-state index is -4.38. The van der Waals surface area contributed by atoms with E-state index < -0.39 is 11.7 Å². The van der Waals surface area contributed by atoms with Crippen LogP contribution in [0.15, 0.2) is 18.2 Å². The van der Waals surface area contributed by atoms with E-state index in [9.17, 15) is 13.2 Å². The summed E-state index contributed by atoms with van der Waals surface area (Å²) in [6.45, 7) is 4.23. The summed E-state index contributed by atoms with van der Waals surface area (Å²) in [6, 6.07) is 3.93. The first-order valence-electron chi connectivity index (χ1n) is 5.77. The van der Waals surface area contributed by atoms with E-state index in [4.69, 9.17) is 17.3 Å². The van der Waals surface area contributed by atoms with Gasteiger partial charge in [-0.3, -0.25) is 0 Å². The fourth-order valence-electron chi connectivity index (χ4n) is 2.86. The second kappa shape index (κ2) is 4.14. The van der Waals surface area contributed by atoms with E-state index in [1.165, 1.54) is 12.1 Å². The fraction of sp³-hybridized carbons (Fsp3) is 0.538. The van der Waals surface area contributed by atoms with Crippen molar-refractivity contribution in [3.8, 4) is 0 Å². The van der Waals surface area contributed by atoms with E-state index in [2.05, 4.69) is 0 Å². The highest BCUT2D eigenvalue weighted by Gasteiger charge is 2.59. The summed E-state index contributed by atoms with van der Waals surface area (Å²) in [5, 5.41) is 0.179. The van der Waals surface area contributed by atoms with Gasteiger partial charge in [-0.15, -0.1) is 0 Å². The third-order valence-corrected chi connectivity index (χ3v) is 4.30. The van der Waals surface area contributed by atoms with Crippen LogP contribution < -0.4 is 5.73 Å². The van der Waals surface area contributed by atoms with Crippen molar-refractivity contribution >= 4 is 11.6 Å². The molecule has 0 heterocycles. The van der Waals surface area contributed by atoms with Crippen molar-refractivity contribution in [2.24, 2.45) is 17.1 Å². The summed E-state index contributed by atoms with van der Waals surface area (Å²) < 4.78 is 39.0. The monoisotopic (exact) mass is 277 g/mol. The van der Waals surface area contributed by atoms with Gasteiger partial charge in [-0.05, 0) is 41.5 Å². The molecule has 18 heavy (non-hydrogen) atoms. The van der Waals surface area contributed by atoms with Crippen LogP contribution in [0.4, 0.5) is 13.2 Å². The zero-order valence-corrected chi connectivity index (χ0v) is 10.9. The molecular weight excluding hydrogens is 263 g/mol. The van der Waals surface area contributed by atoms with Crippen LogP contribution in [0.2, 0.25) is 5.02 Å². The molecule has 0 saturated heterocycles. The molecular formula is C13H15ClF3N. The quantitative estimate of drug-likeness (QED) is 0.867. The predicted molar refractivity (Wildman–Crippen MR) is 65.5 cm³/mol. The van der Waals surface area contributed by atoms with Gasteiger partial charge in [0.2, 0.25) is 0 Å². The number of nitrogens with two attached hydrogens (primary N) is 1. The smallest absolute Gasteiger partial charge is 0.330 e. The van der Waals surface area contributed by atoms with Crippen LogP contribution in [-0.2, 0) is 6.18 Å². The van der Waals surface area contributed by atoms with Crippen molar-refractivity contribution in [2.45, 2.75) is 25.9 Å². The molecule has 1 aliphatic rings. The van der Waals surface area contributed by atoms with Crippen molar-refractivity contribution in [3.05, 3.63) is 34.3 Å². The first-order chi connectivity index (χ1) is 8.21. The molecule has 1 fully saturated rings. The predicted octanol–water partition coefficient (Wildman–Crippen LogP) is 4.06.